The molecule has 1 aromatic carbocycles. The SMILES string of the molecule is CCN(CC)S(=O)(=O)c1ccc(N2CCCC[C@@H]2c2nc3ccccc3s2)nc1. The zero-order chi connectivity index (χ0) is 20.4. The number of rotatable bonds is 6. The third-order valence-corrected chi connectivity index (χ3v) is 8.63. The van der Waals surface area contributed by atoms with Gasteiger partial charge in [-0.3, -0.25) is 0 Å². The zero-order valence-electron chi connectivity index (χ0n) is 16.8. The Balaban J connectivity index is 1.63. The standard InChI is InChI=1S/C21H26N4O2S2/c1-3-24(4-2)29(26,27)16-12-13-20(22-15-16)25-14-8-7-10-18(25)21-23-17-9-5-6-11-19(17)28-21/h5-6,9,11-13,15,18H,3-4,7-8,10,14H2,1-2H3/t18-/m1/s1. The average molecular weight is 431 g/mol. The number of benzene rings is 1. The van der Waals surface area contributed by atoms with Gasteiger partial charge in [0.15, 0.2) is 0 Å². The maximum atomic E-state index is 12.7. The molecule has 1 atom stereocenters. The van der Waals surface area contributed by atoms with Crippen LogP contribution in [0.15, 0.2) is 47.5 Å². The van der Waals surface area contributed by atoms with Crippen molar-refractivity contribution in [1.82, 2.24) is 14.3 Å². The molecule has 3 aromatic rings. The molecule has 0 bridgehead atoms. The summed E-state index contributed by atoms with van der Waals surface area (Å²) >= 11 is 1.74. The molecule has 1 aliphatic heterocycles. The van der Waals surface area contributed by atoms with Gasteiger partial charge in [-0.25, -0.2) is 18.4 Å². The van der Waals surface area contributed by atoms with Crippen LogP contribution in [-0.4, -0.2) is 42.3 Å². The van der Waals surface area contributed by atoms with Crippen molar-refractivity contribution in [3.8, 4) is 0 Å². The van der Waals surface area contributed by atoms with Crippen LogP contribution in [0.3, 0.4) is 0 Å². The number of fused-ring (bicyclic) bond motifs is 1. The first-order chi connectivity index (χ1) is 14.0. The second-order valence-electron chi connectivity index (χ2n) is 7.17. The van der Waals surface area contributed by atoms with Gasteiger partial charge in [0, 0.05) is 25.8 Å². The van der Waals surface area contributed by atoms with Gasteiger partial charge in [0.1, 0.15) is 15.7 Å². The number of aromatic nitrogens is 2. The molecule has 0 radical (unpaired) electrons. The molecule has 0 N–H and O–H groups in total. The van der Waals surface area contributed by atoms with Crippen LogP contribution in [0.1, 0.15) is 44.2 Å². The molecule has 1 aliphatic rings. The number of hydrogen-bond acceptors (Lipinski definition) is 6. The molecule has 1 saturated heterocycles. The summed E-state index contributed by atoms with van der Waals surface area (Å²) in [4.78, 5) is 11.9. The van der Waals surface area contributed by atoms with Crippen molar-refractivity contribution in [2.75, 3.05) is 24.5 Å². The Hall–Kier alpha value is -2.03. The van der Waals surface area contributed by atoms with Crippen LogP contribution >= 0.6 is 11.3 Å². The van der Waals surface area contributed by atoms with Crippen molar-refractivity contribution in [3.63, 3.8) is 0 Å². The van der Waals surface area contributed by atoms with E-state index in [1.807, 2.05) is 38.1 Å². The third-order valence-electron chi connectivity index (χ3n) is 5.46. The van der Waals surface area contributed by atoms with Crippen LogP contribution in [0.2, 0.25) is 0 Å². The van der Waals surface area contributed by atoms with E-state index in [0.717, 1.165) is 42.1 Å². The van der Waals surface area contributed by atoms with Gasteiger partial charge in [-0.1, -0.05) is 26.0 Å². The highest BCUT2D eigenvalue weighted by molar-refractivity contribution is 7.89. The molecule has 4 rings (SSSR count). The van der Waals surface area contributed by atoms with Crippen molar-refractivity contribution < 1.29 is 8.42 Å². The molecular weight excluding hydrogens is 404 g/mol. The predicted molar refractivity (Wildman–Crippen MR) is 118 cm³/mol. The first kappa shape index (κ1) is 20.3. The molecule has 8 heteroatoms. The summed E-state index contributed by atoms with van der Waals surface area (Å²) < 4.78 is 28.1. The highest BCUT2D eigenvalue weighted by atomic mass is 32.2. The van der Waals surface area contributed by atoms with E-state index >= 15 is 0 Å². The van der Waals surface area contributed by atoms with Gasteiger partial charge in [0.2, 0.25) is 10.0 Å². The van der Waals surface area contributed by atoms with E-state index in [0.29, 0.717) is 13.1 Å². The van der Waals surface area contributed by atoms with Crippen molar-refractivity contribution in [2.24, 2.45) is 0 Å². The highest BCUT2D eigenvalue weighted by Gasteiger charge is 2.29. The number of pyridine rings is 1. The van der Waals surface area contributed by atoms with Crippen LogP contribution in [0.25, 0.3) is 10.2 Å². The van der Waals surface area contributed by atoms with Crippen LogP contribution < -0.4 is 4.90 Å². The van der Waals surface area contributed by atoms with E-state index in [1.165, 1.54) is 15.2 Å². The Labute approximate surface area is 176 Å². The molecule has 0 aliphatic carbocycles. The summed E-state index contributed by atoms with van der Waals surface area (Å²) in [5, 5.41) is 1.10. The van der Waals surface area contributed by atoms with Crippen molar-refractivity contribution in [2.45, 2.75) is 44.0 Å². The van der Waals surface area contributed by atoms with E-state index in [4.69, 9.17) is 4.98 Å². The minimum absolute atomic E-state index is 0.180. The summed E-state index contributed by atoms with van der Waals surface area (Å²) in [6.07, 6.45) is 4.78. The Bertz CT molecular complexity index is 1040. The van der Waals surface area contributed by atoms with Crippen molar-refractivity contribution >= 4 is 37.4 Å². The lowest BCUT2D eigenvalue weighted by molar-refractivity contribution is 0.444. The number of anilines is 1. The fourth-order valence-corrected chi connectivity index (χ4v) is 6.42. The minimum atomic E-state index is -3.49. The van der Waals surface area contributed by atoms with Gasteiger partial charge in [0.05, 0.1) is 16.3 Å². The number of para-hydroxylation sites is 1. The molecule has 0 amide bonds. The monoisotopic (exact) mass is 430 g/mol. The topological polar surface area (TPSA) is 66.4 Å². The number of piperidine rings is 1. The second kappa shape index (κ2) is 8.38. The van der Waals surface area contributed by atoms with E-state index in [2.05, 4.69) is 16.0 Å². The van der Waals surface area contributed by atoms with Crippen LogP contribution in [0.5, 0.6) is 0 Å². The fourth-order valence-electron chi connectivity index (χ4n) is 3.90. The molecule has 1 fully saturated rings. The maximum Gasteiger partial charge on any atom is 0.244 e. The maximum absolute atomic E-state index is 12.7. The van der Waals surface area contributed by atoms with Gasteiger partial charge in [-0.05, 0) is 43.5 Å². The Morgan fingerprint density at radius 3 is 2.62 bits per heavy atom. The van der Waals surface area contributed by atoms with Gasteiger partial charge in [0.25, 0.3) is 0 Å². The van der Waals surface area contributed by atoms with E-state index in [-0.39, 0.29) is 10.9 Å². The second-order valence-corrected chi connectivity index (χ2v) is 10.2. The third kappa shape index (κ3) is 3.89. The lowest BCUT2D eigenvalue weighted by atomic mass is 10.0. The number of nitrogens with zero attached hydrogens (tertiary/aromatic N) is 4. The quantitative estimate of drug-likeness (QED) is 0.578. The molecule has 2 aromatic heterocycles. The van der Waals surface area contributed by atoms with Crippen molar-refractivity contribution in [3.05, 3.63) is 47.6 Å². The number of hydrogen-bond donors (Lipinski definition) is 0. The lowest BCUT2D eigenvalue weighted by Crippen LogP contribution is -2.34. The van der Waals surface area contributed by atoms with E-state index in [9.17, 15) is 8.42 Å². The molecule has 3 heterocycles. The molecular formula is C21H26N4O2S2. The highest BCUT2D eigenvalue weighted by Crippen LogP contribution is 2.37. The van der Waals surface area contributed by atoms with E-state index < -0.39 is 10.0 Å². The van der Waals surface area contributed by atoms with Crippen LogP contribution in [0, 0.1) is 0 Å². The number of thiazole rings is 1. The Morgan fingerprint density at radius 1 is 1.14 bits per heavy atom. The number of sulfonamides is 1. The minimum Gasteiger partial charge on any atom is -0.347 e. The molecule has 0 unspecified atom stereocenters. The Morgan fingerprint density at radius 2 is 1.93 bits per heavy atom. The van der Waals surface area contributed by atoms with Crippen LogP contribution in [-0.2, 0) is 10.0 Å². The summed E-state index contributed by atoms with van der Waals surface area (Å²) in [5.41, 5.74) is 1.03. The van der Waals surface area contributed by atoms with Gasteiger partial charge in [-0.2, -0.15) is 4.31 Å². The van der Waals surface area contributed by atoms with Gasteiger partial charge < -0.3 is 4.90 Å². The van der Waals surface area contributed by atoms with Gasteiger partial charge >= 0.3 is 0 Å². The summed E-state index contributed by atoms with van der Waals surface area (Å²) in [6, 6.07) is 11.9. The molecule has 29 heavy (non-hydrogen) atoms. The Kier molecular flexibility index (Phi) is 5.85. The fraction of sp³-hybridized carbons (Fsp3) is 0.429. The van der Waals surface area contributed by atoms with Crippen molar-refractivity contribution in [1.29, 1.82) is 0 Å². The lowest BCUT2D eigenvalue weighted by Gasteiger charge is -2.35. The molecule has 6 nitrogen and oxygen atoms in total. The zero-order valence-corrected chi connectivity index (χ0v) is 18.4. The molecule has 0 saturated carbocycles. The van der Waals surface area contributed by atoms with E-state index in [1.54, 1.807) is 17.4 Å². The summed E-state index contributed by atoms with van der Waals surface area (Å²) in [5.74, 6) is 0.812. The summed E-state index contributed by atoms with van der Waals surface area (Å²) in [6.45, 7) is 5.49. The largest absolute Gasteiger partial charge is 0.347 e. The first-order valence-corrected chi connectivity index (χ1v) is 12.4. The molecule has 154 valence electrons. The summed E-state index contributed by atoms with van der Waals surface area (Å²) in [7, 11) is -3.49. The van der Waals surface area contributed by atoms with Crippen LogP contribution in [0.4, 0.5) is 5.82 Å². The normalized spacial score (nSPS) is 17.9. The predicted octanol–water partition coefficient (Wildman–Crippen LogP) is 4.45. The smallest absolute Gasteiger partial charge is 0.244 e. The van der Waals surface area contributed by atoms with Gasteiger partial charge in [-0.15, -0.1) is 11.3 Å². The molecule has 0 spiro atoms. The average Bonchev–Trinajstić information content (AvgIpc) is 3.19. The first-order valence-electron chi connectivity index (χ1n) is 10.1.